The maximum atomic E-state index is 12.7. The molecule has 0 aliphatic carbocycles. The average Bonchev–Trinajstić information content (AvgIpc) is 3.19. The highest BCUT2D eigenvalue weighted by Gasteiger charge is 2.15. The highest BCUT2D eigenvalue weighted by atomic mass is 16.5. The molecule has 0 saturated heterocycles. The summed E-state index contributed by atoms with van der Waals surface area (Å²) < 4.78 is 11.7. The van der Waals surface area contributed by atoms with Crippen molar-refractivity contribution in [3.8, 4) is 0 Å². The number of rotatable bonds is 45. The number of hydrogen-bond acceptors (Lipinski definition) is 5. The van der Waals surface area contributed by atoms with Crippen LogP contribution in [-0.4, -0.2) is 36.9 Å². The molecule has 0 aromatic rings. The molecule has 0 amide bonds. The number of esters is 2. The predicted molar refractivity (Wildman–Crippen MR) is 238 cm³/mol. The van der Waals surface area contributed by atoms with Gasteiger partial charge in [0.2, 0.25) is 0 Å². The van der Waals surface area contributed by atoms with Gasteiger partial charge in [-0.25, -0.2) is 0 Å². The summed E-state index contributed by atoms with van der Waals surface area (Å²) in [6, 6.07) is 0. The number of aliphatic hydroxyl groups is 1. The fraction of sp³-hybridized carbons (Fsp3) is 0.960. The second kappa shape index (κ2) is 44.0. The fourth-order valence-corrected chi connectivity index (χ4v) is 8.25. The minimum atomic E-state index is 0.000818. The van der Waals surface area contributed by atoms with Gasteiger partial charge < -0.3 is 14.6 Å². The van der Waals surface area contributed by atoms with Crippen molar-refractivity contribution in [1.29, 1.82) is 0 Å². The molecule has 5 heteroatoms. The maximum absolute atomic E-state index is 12.7. The first-order valence-corrected chi connectivity index (χ1v) is 24.9. The normalized spacial score (nSPS) is 13.2. The summed E-state index contributed by atoms with van der Waals surface area (Å²) in [7, 11) is 0. The Morgan fingerprint density at radius 2 is 0.600 bits per heavy atom. The molecule has 0 aliphatic heterocycles. The van der Waals surface area contributed by atoms with Gasteiger partial charge in [-0.3, -0.25) is 9.59 Å². The highest BCUT2D eigenvalue weighted by molar-refractivity contribution is 5.69. The quantitative estimate of drug-likeness (QED) is 0.0492. The van der Waals surface area contributed by atoms with Gasteiger partial charge in [-0.15, -0.1) is 0 Å². The van der Waals surface area contributed by atoms with Crippen molar-refractivity contribution >= 4 is 11.9 Å². The maximum Gasteiger partial charge on any atom is 0.305 e. The lowest BCUT2D eigenvalue weighted by molar-refractivity contribution is -0.146. The van der Waals surface area contributed by atoms with Crippen LogP contribution in [0.2, 0.25) is 0 Å². The van der Waals surface area contributed by atoms with Crippen molar-refractivity contribution in [1.82, 2.24) is 0 Å². The SMILES string of the molecule is CCCCCCCCC(CCCCCC)COC(=O)CCCCCC(CCCCCO)CCCCCC(=O)OCC(CCCCCC)CCCCCCCC. The van der Waals surface area contributed by atoms with Crippen LogP contribution in [-0.2, 0) is 19.1 Å². The molecule has 0 aromatic carbocycles. The number of ether oxygens (including phenoxy) is 2. The largest absolute Gasteiger partial charge is 0.465 e. The molecule has 5 nitrogen and oxygen atoms in total. The summed E-state index contributed by atoms with van der Waals surface area (Å²) in [5, 5.41) is 9.25. The van der Waals surface area contributed by atoms with Crippen LogP contribution in [0.4, 0.5) is 0 Å². The first-order chi connectivity index (χ1) is 27.0. The lowest BCUT2D eigenvalue weighted by Gasteiger charge is -2.18. The van der Waals surface area contributed by atoms with Crippen LogP contribution < -0.4 is 0 Å². The van der Waals surface area contributed by atoms with Crippen molar-refractivity contribution in [3.05, 3.63) is 0 Å². The van der Waals surface area contributed by atoms with Gasteiger partial charge in [-0.05, 0) is 62.7 Å². The van der Waals surface area contributed by atoms with E-state index in [9.17, 15) is 14.7 Å². The third-order valence-corrected chi connectivity index (χ3v) is 12.1. The van der Waals surface area contributed by atoms with Crippen LogP contribution in [0.5, 0.6) is 0 Å². The van der Waals surface area contributed by atoms with Crippen molar-refractivity contribution < 1.29 is 24.2 Å². The Morgan fingerprint density at radius 3 is 0.927 bits per heavy atom. The number of unbranched alkanes of at least 4 members (excludes halogenated alkanes) is 22. The number of aliphatic hydroxyl groups excluding tert-OH is 1. The van der Waals surface area contributed by atoms with E-state index < -0.39 is 0 Å². The fourth-order valence-electron chi connectivity index (χ4n) is 8.25. The van der Waals surface area contributed by atoms with E-state index in [0.29, 0.717) is 43.8 Å². The van der Waals surface area contributed by atoms with E-state index in [1.807, 2.05) is 0 Å². The standard InChI is InChI=1S/C50H98O5/c1-5-9-13-17-19-26-39-47(37-24-15-11-7-3)44-54-49(52)41-31-21-28-34-46(36-30-23-33-43-51)35-29-22-32-42-50(53)55-45-48(38-25-16-12-8-4)40-27-20-18-14-10-6-2/h46-48,51H,5-45H2,1-4H3. The molecular formula is C50H98O5. The summed E-state index contributed by atoms with van der Waals surface area (Å²) in [5.41, 5.74) is 0. The Hall–Kier alpha value is -1.10. The van der Waals surface area contributed by atoms with E-state index >= 15 is 0 Å². The molecule has 2 atom stereocenters. The third kappa shape index (κ3) is 39.5. The average molecular weight is 779 g/mol. The molecule has 0 fully saturated rings. The second-order valence-electron chi connectivity index (χ2n) is 17.5. The molecule has 0 saturated carbocycles. The van der Waals surface area contributed by atoms with E-state index in [4.69, 9.17) is 9.47 Å². The third-order valence-electron chi connectivity index (χ3n) is 12.1. The van der Waals surface area contributed by atoms with Crippen LogP contribution >= 0.6 is 0 Å². The van der Waals surface area contributed by atoms with Crippen LogP contribution in [0.25, 0.3) is 0 Å². The molecular weight excluding hydrogens is 681 g/mol. The zero-order chi connectivity index (χ0) is 40.3. The zero-order valence-corrected chi connectivity index (χ0v) is 37.8. The summed E-state index contributed by atoms with van der Waals surface area (Å²) in [5.74, 6) is 1.76. The van der Waals surface area contributed by atoms with Crippen LogP contribution in [0.15, 0.2) is 0 Å². The van der Waals surface area contributed by atoms with Crippen LogP contribution in [0, 0.1) is 17.8 Å². The summed E-state index contributed by atoms with van der Waals surface area (Å²) in [4.78, 5) is 25.3. The molecule has 0 radical (unpaired) electrons. The Balaban J connectivity index is 4.45. The van der Waals surface area contributed by atoms with E-state index in [2.05, 4.69) is 27.7 Å². The highest BCUT2D eigenvalue weighted by Crippen LogP contribution is 2.25. The van der Waals surface area contributed by atoms with Crippen molar-refractivity contribution in [2.75, 3.05) is 19.8 Å². The van der Waals surface area contributed by atoms with Crippen LogP contribution in [0.1, 0.15) is 272 Å². The second-order valence-corrected chi connectivity index (χ2v) is 17.5. The molecule has 0 heterocycles. The first kappa shape index (κ1) is 53.9. The van der Waals surface area contributed by atoms with E-state index in [-0.39, 0.29) is 18.5 Å². The molecule has 0 aliphatic rings. The minimum Gasteiger partial charge on any atom is -0.465 e. The Bertz CT molecular complexity index is 726. The Kier molecular flexibility index (Phi) is 43.1. The molecule has 328 valence electrons. The zero-order valence-electron chi connectivity index (χ0n) is 37.8. The smallest absolute Gasteiger partial charge is 0.305 e. The van der Waals surface area contributed by atoms with E-state index in [1.54, 1.807) is 0 Å². The Labute approximate surface area is 344 Å². The van der Waals surface area contributed by atoms with Gasteiger partial charge in [0.05, 0.1) is 13.2 Å². The van der Waals surface area contributed by atoms with E-state index in [1.165, 1.54) is 193 Å². The van der Waals surface area contributed by atoms with Gasteiger partial charge in [0.1, 0.15) is 0 Å². The van der Waals surface area contributed by atoms with E-state index in [0.717, 1.165) is 38.5 Å². The number of carbonyl (C=O) groups is 2. The first-order valence-electron chi connectivity index (χ1n) is 24.9. The molecule has 55 heavy (non-hydrogen) atoms. The summed E-state index contributed by atoms with van der Waals surface area (Å²) in [6.07, 6.45) is 45.2. The number of carbonyl (C=O) groups excluding carboxylic acids is 2. The van der Waals surface area contributed by atoms with Gasteiger partial charge in [0.25, 0.3) is 0 Å². The van der Waals surface area contributed by atoms with Crippen molar-refractivity contribution in [2.45, 2.75) is 272 Å². The predicted octanol–water partition coefficient (Wildman–Crippen LogP) is 15.8. The molecule has 0 bridgehead atoms. The number of hydrogen-bond donors (Lipinski definition) is 1. The topological polar surface area (TPSA) is 72.8 Å². The lowest BCUT2D eigenvalue weighted by atomic mass is 9.90. The van der Waals surface area contributed by atoms with Crippen LogP contribution in [0.3, 0.4) is 0 Å². The van der Waals surface area contributed by atoms with Crippen molar-refractivity contribution in [3.63, 3.8) is 0 Å². The van der Waals surface area contributed by atoms with Gasteiger partial charge >= 0.3 is 11.9 Å². The lowest BCUT2D eigenvalue weighted by Crippen LogP contribution is -2.14. The van der Waals surface area contributed by atoms with Gasteiger partial charge in [-0.1, -0.05) is 214 Å². The summed E-state index contributed by atoms with van der Waals surface area (Å²) >= 11 is 0. The minimum absolute atomic E-state index is 0.000818. The molecule has 0 spiro atoms. The molecule has 0 aromatic heterocycles. The summed E-state index contributed by atoms with van der Waals surface area (Å²) in [6.45, 7) is 10.6. The monoisotopic (exact) mass is 779 g/mol. The van der Waals surface area contributed by atoms with Gasteiger partial charge in [0, 0.05) is 19.4 Å². The van der Waals surface area contributed by atoms with Gasteiger partial charge in [0.15, 0.2) is 0 Å². The Morgan fingerprint density at radius 1 is 0.345 bits per heavy atom. The molecule has 0 rings (SSSR count). The molecule has 2 unspecified atom stereocenters. The van der Waals surface area contributed by atoms with Crippen molar-refractivity contribution in [2.24, 2.45) is 17.8 Å². The molecule has 1 N–H and O–H groups in total. The van der Waals surface area contributed by atoms with Gasteiger partial charge in [-0.2, -0.15) is 0 Å².